The number of hydrogen-bond acceptors (Lipinski definition) is 5. The number of aryl methyl sites for hydroxylation is 2. The molecule has 4 rings (SSSR count). The average molecular weight is 468 g/mol. The summed E-state index contributed by atoms with van der Waals surface area (Å²) in [5, 5.41) is 2.98. The van der Waals surface area contributed by atoms with Crippen LogP contribution in [0.5, 0.6) is 0 Å². The smallest absolute Gasteiger partial charge is 0.261 e. The maximum absolute atomic E-state index is 13.1. The zero-order valence-electron chi connectivity index (χ0n) is 18.9. The van der Waals surface area contributed by atoms with Crippen molar-refractivity contribution in [1.29, 1.82) is 0 Å². The van der Waals surface area contributed by atoms with Crippen LogP contribution < -0.4 is 10.0 Å². The van der Waals surface area contributed by atoms with Crippen molar-refractivity contribution in [1.82, 2.24) is 10.2 Å². The summed E-state index contributed by atoms with van der Waals surface area (Å²) in [4.78, 5) is 15.4. The lowest BCUT2D eigenvalue weighted by atomic mass is 10.1. The molecule has 33 heavy (non-hydrogen) atoms. The summed E-state index contributed by atoms with van der Waals surface area (Å²) >= 11 is 0. The van der Waals surface area contributed by atoms with Crippen LogP contribution >= 0.6 is 0 Å². The van der Waals surface area contributed by atoms with Crippen molar-refractivity contribution in [2.75, 3.05) is 24.4 Å². The van der Waals surface area contributed by atoms with Crippen molar-refractivity contribution in [3.8, 4) is 0 Å². The van der Waals surface area contributed by atoms with Crippen LogP contribution in [0.1, 0.15) is 46.1 Å². The SMILES string of the molecule is Cc1ccc(NS(=O)(=O)c2ccc(C)c(C(=O)NCC(c3ccco3)N3CCCC3)c2)cc1. The third-order valence-corrected chi connectivity index (χ3v) is 7.36. The Balaban J connectivity index is 1.50. The van der Waals surface area contributed by atoms with Crippen LogP contribution in [0.3, 0.4) is 0 Å². The van der Waals surface area contributed by atoms with E-state index in [1.165, 1.54) is 12.1 Å². The van der Waals surface area contributed by atoms with Gasteiger partial charge in [0.25, 0.3) is 15.9 Å². The summed E-state index contributed by atoms with van der Waals surface area (Å²) in [6, 6.07) is 15.4. The van der Waals surface area contributed by atoms with Gasteiger partial charge in [-0.3, -0.25) is 14.4 Å². The molecule has 7 nitrogen and oxygen atoms in total. The Hall–Kier alpha value is -3.10. The molecule has 1 fully saturated rings. The summed E-state index contributed by atoms with van der Waals surface area (Å²) in [6.45, 7) is 6.02. The third kappa shape index (κ3) is 5.46. The van der Waals surface area contributed by atoms with Crippen molar-refractivity contribution in [2.45, 2.75) is 37.6 Å². The first-order chi connectivity index (χ1) is 15.8. The summed E-state index contributed by atoms with van der Waals surface area (Å²) in [6.07, 6.45) is 3.88. The van der Waals surface area contributed by atoms with Crippen LogP contribution in [0, 0.1) is 13.8 Å². The van der Waals surface area contributed by atoms with Gasteiger partial charge in [-0.05, 0) is 81.7 Å². The van der Waals surface area contributed by atoms with E-state index in [9.17, 15) is 13.2 Å². The highest BCUT2D eigenvalue weighted by Gasteiger charge is 2.26. The number of sulfonamides is 1. The molecule has 0 bridgehead atoms. The van der Waals surface area contributed by atoms with Crippen LogP contribution in [0.25, 0.3) is 0 Å². The van der Waals surface area contributed by atoms with Gasteiger partial charge in [0.15, 0.2) is 0 Å². The van der Waals surface area contributed by atoms with Crippen molar-refractivity contribution in [3.05, 3.63) is 83.3 Å². The van der Waals surface area contributed by atoms with Gasteiger partial charge in [-0.25, -0.2) is 8.42 Å². The van der Waals surface area contributed by atoms with E-state index in [1.807, 2.05) is 31.2 Å². The molecule has 174 valence electrons. The fourth-order valence-corrected chi connectivity index (χ4v) is 5.16. The van der Waals surface area contributed by atoms with E-state index < -0.39 is 10.0 Å². The molecule has 2 aromatic carbocycles. The van der Waals surface area contributed by atoms with Crippen LogP contribution in [-0.4, -0.2) is 38.9 Å². The number of benzene rings is 2. The molecule has 1 unspecified atom stereocenters. The average Bonchev–Trinajstić information content (AvgIpc) is 3.50. The summed E-state index contributed by atoms with van der Waals surface area (Å²) in [7, 11) is -3.83. The molecule has 0 radical (unpaired) electrons. The highest BCUT2D eigenvalue weighted by Crippen LogP contribution is 2.25. The molecule has 1 saturated heterocycles. The molecule has 2 heterocycles. The maximum atomic E-state index is 13.1. The number of furan rings is 1. The fourth-order valence-electron chi connectivity index (χ4n) is 4.08. The van der Waals surface area contributed by atoms with E-state index in [0.29, 0.717) is 23.4 Å². The standard InChI is InChI=1S/C25H29N3O4S/c1-18-7-10-20(11-8-18)27-33(30,31)21-12-9-19(2)22(16-21)25(29)26-17-23(24-6-5-15-32-24)28-13-3-4-14-28/h5-12,15-16,23,27H,3-4,13-14,17H2,1-2H3,(H,26,29). The van der Waals surface area contributed by atoms with Gasteiger partial charge in [0, 0.05) is 17.8 Å². The van der Waals surface area contributed by atoms with Gasteiger partial charge < -0.3 is 9.73 Å². The molecular formula is C25H29N3O4S. The second-order valence-electron chi connectivity index (χ2n) is 8.43. The number of nitrogens with zero attached hydrogens (tertiary/aromatic N) is 1. The van der Waals surface area contributed by atoms with Crippen LogP contribution in [0.4, 0.5) is 5.69 Å². The molecule has 1 aliphatic heterocycles. The molecule has 0 saturated carbocycles. The number of anilines is 1. The van der Waals surface area contributed by atoms with Crippen molar-refractivity contribution < 1.29 is 17.6 Å². The largest absolute Gasteiger partial charge is 0.468 e. The Bertz CT molecular complexity index is 1200. The second-order valence-corrected chi connectivity index (χ2v) is 10.1. The summed E-state index contributed by atoms with van der Waals surface area (Å²) in [5.74, 6) is 0.503. The minimum absolute atomic E-state index is 0.0425. The molecule has 1 atom stereocenters. The van der Waals surface area contributed by atoms with E-state index in [2.05, 4.69) is 14.9 Å². The highest BCUT2D eigenvalue weighted by atomic mass is 32.2. The molecule has 0 spiro atoms. The van der Waals surface area contributed by atoms with Crippen LogP contribution in [0.2, 0.25) is 0 Å². The number of likely N-dealkylation sites (tertiary alicyclic amines) is 1. The molecular weight excluding hydrogens is 438 g/mol. The monoisotopic (exact) mass is 467 g/mol. The van der Waals surface area contributed by atoms with Gasteiger partial charge in [-0.2, -0.15) is 0 Å². The molecule has 1 aromatic heterocycles. The van der Waals surface area contributed by atoms with E-state index in [4.69, 9.17) is 4.42 Å². The Morgan fingerprint density at radius 1 is 1.06 bits per heavy atom. The Morgan fingerprint density at radius 3 is 2.45 bits per heavy atom. The van der Waals surface area contributed by atoms with E-state index in [-0.39, 0.29) is 16.8 Å². The Labute approximate surface area is 194 Å². The zero-order chi connectivity index (χ0) is 23.4. The first kappa shape index (κ1) is 23.1. The second kappa shape index (κ2) is 9.80. The Kier molecular flexibility index (Phi) is 6.85. The predicted octanol–water partition coefficient (Wildman–Crippen LogP) is 4.26. The molecule has 2 N–H and O–H groups in total. The number of carbonyl (C=O) groups is 1. The minimum atomic E-state index is -3.83. The van der Waals surface area contributed by atoms with E-state index in [1.54, 1.807) is 31.4 Å². The highest BCUT2D eigenvalue weighted by molar-refractivity contribution is 7.92. The molecule has 1 amide bonds. The van der Waals surface area contributed by atoms with Crippen LogP contribution in [0.15, 0.2) is 70.2 Å². The lowest BCUT2D eigenvalue weighted by Gasteiger charge is -2.26. The van der Waals surface area contributed by atoms with E-state index >= 15 is 0 Å². The number of carbonyl (C=O) groups excluding carboxylic acids is 1. The molecule has 0 aliphatic carbocycles. The molecule has 8 heteroatoms. The Morgan fingerprint density at radius 2 is 1.79 bits per heavy atom. The quantitative estimate of drug-likeness (QED) is 0.516. The first-order valence-electron chi connectivity index (χ1n) is 11.1. The molecule has 1 aliphatic rings. The number of rotatable bonds is 8. The van der Waals surface area contributed by atoms with Gasteiger partial charge in [-0.15, -0.1) is 0 Å². The van der Waals surface area contributed by atoms with E-state index in [0.717, 1.165) is 37.3 Å². The maximum Gasteiger partial charge on any atom is 0.261 e. The van der Waals surface area contributed by atoms with Gasteiger partial charge in [0.1, 0.15) is 5.76 Å². The lowest BCUT2D eigenvalue weighted by Crippen LogP contribution is -2.36. The topological polar surface area (TPSA) is 91.6 Å². The van der Waals surface area contributed by atoms with Crippen molar-refractivity contribution in [2.24, 2.45) is 0 Å². The van der Waals surface area contributed by atoms with Gasteiger partial charge in [0.2, 0.25) is 0 Å². The summed E-state index contributed by atoms with van der Waals surface area (Å²) in [5.41, 5.74) is 2.55. The van der Waals surface area contributed by atoms with Gasteiger partial charge >= 0.3 is 0 Å². The number of nitrogens with one attached hydrogen (secondary N) is 2. The number of amides is 1. The first-order valence-corrected chi connectivity index (χ1v) is 12.6. The van der Waals surface area contributed by atoms with Gasteiger partial charge in [0.05, 0.1) is 17.2 Å². The third-order valence-electron chi connectivity index (χ3n) is 5.98. The number of hydrogen-bond donors (Lipinski definition) is 2. The normalized spacial score (nSPS) is 15.3. The molecule has 3 aromatic rings. The van der Waals surface area contributed by atoms with Crippen molar-refractivity contribution in [3.63, 3.8) is 0 Å². The summed E-state index contributed by atoms with van der Waals surface area (Å²) < 4.78 is 34.0. The lowest BCUT2D eigenvalue weighted by molar-refractivity contribution is 0.0933. The van der Waals surface area contributed by atoms with Gasteiger partial charge in [-0.1, -0.05) is 23.8 Å². The van der Waals surface area contributed by atoms with Crippen LogP contribution in [-0.2, 0) is 10.0 Å². The fraction of sp³-hybridized carbons (Fsp3) is 0.320. The van der Waals surface area contributed by atoms with Crippen molar-refractivity contribution >= 4 is 21.6 Å². The zero-order valence-corrected chi connectivity index (χ0v) is 19.7. The minimum Gasteiger partial charge on any atom is -0.468 e. The predicted molar refractivity (Wildman–Crippen MR) is 128 cm³/mol.